The van der Waals surface area contributed by atoms with E-state index >= 15 is 0 Å². The number of hydrogen-bond acceptors (Lipinski definition) is 4. The van der Waals surface area contributed by atoms with Crippen molar-refractivity contribution in [3.63, 3.8) is 0 Å². The molecule has 3 aliphatic carbocycles. The second kappa shape index (κ2) is 28.0. The molecule has 0 unspecified atom stereocenters. The van der Waals surface area contributed by atoms with E-state index in [-0.39, 0.29) is 10.8 Å². The van der Waals surface area contributed by atoms with E-state index < -0.39 is 5.41 Å². The second-order valence-corrected chi connectivity index (χ2v) is 30.7. The Balaban J connectivity index is 0.700. The predicted octanol–water partition coefficient (Wildman–Crippen LogP) is 28.4. The summed E-state index contributed by atoms with van der Waals surface area (Å²) in [7, 11) is 0. The third-order valence-corrected chi connectivity index (χ3v) is 23.6. The van der Waals surface area contributed by atoms with Crippen LogP contribution in [0.1, 0.15) is 88.9 Å². The first kappa shape index (κ1) is 68.2. The Morgan fingerprint density at radius 2 is 0.568 bits per heavy atom. The highest BCUT2D eigenvalue weighted by Crippen LogP contribution is 2.59. The number of anilines is 6. The summed E-state index contributed by atoms with van der Waals surface area (Å²) in [5.74, 6) is 1.50. The maximum atomic E-state index is 6.72. The zero-order valence-corrected chi connectivity index (χ0v) is 62.8. The molecule has 532 valence electrons. The molecule has 0 spiro atoms. The third-order valence-electron chi connectivity index (χ3n) is 23.6. The molecule has 111 heavy (non-hydrogen) atoms. The van der Waals surface area contributed by atoms with Gasteiger partial charge in [0.05, 0.1) is 18.6 Å². The van der Waals surface area contributed by atoms with Gasteiger partial charge in [-0.05, 0) is 248 Å². The maximum Gasteiger partial charge on any atom is 0.127 e. The Kier molecular flexibility index (Phi) is 17.2. The van der Waals surface area contributed by atoms with E-state index in [1.54, 1.807) is 0 Å². The highest BCUT2D eigenvalue weighted by Gasteiger charge is 2.47. The molecular weight excluding hydrogens is 1350 g/mol. The van der Waals surface area contributed by atoms with Crippen LogP contribution in [-0.2, 0) is 34.2 Å². The molecule has 0 radical (unpaired) electrons. The standard InChI is InChI=1S/C107H82N2O2/c1-6-72-30-32-73(33-31-72)70-110-71-74-34-58-91(59-35-74)111-92-60-46-84(47-61-92)107(83-24-14-9-15-25-83)103-66-81(79-40-52-87(53-41-79)108(85-48-36-77(37-49-85)75-20-10-7-11-21-75)89-56-64-95-93-26-16-18-28-99(93)105(2,3)101(95)68-89)44-62-97(103)98-63-45-82(67-104(98)107)80-42-54-88(55-43-80)109(86-50-38-78(39-51-86)76-22-12-8-13-23-76)90-57-65-96-94-27-17-19-29-100(94)106(4,5)102(96)69-90/h6-69H,1,70-71H2,2-5H3. The monoisotopic (exact) mass is 1430 g/mol. The van der Waals surface area contributed by atoms with E-state index in [2.05, 4.69) is 414 Å². The Labute approximate surface area is 651 Å². The predicted molar refractivity (Wildman–Crippen MR) is 462 cm³/mol. The molecule has 0 heterocycles. The van der Waals surface area contributed by atoms with Crippen LogP contribution in [0, 0.1) is 0 Å². The maximum absolute atomic E-state index is 6.72. The van der Waals surface area contributed by atoms with E-state index in [0.717, 1.165) is 90.1 Å². The van der Waals surface area contributed by atoms with E-state index in [4.69, 9.17) is 9.47 Å². The summed E-state index contributed by atoms with van der Waals surface area (Å²) < 4.78 is 12.9. The smallest absolute Gasteiger partial charge is 0.127 e. The van der Waals surface area contributed by atoms with Gasteiger partial charge in [0.25, 0.3) is 0 Å². The lowest BCUT2D eigenvalue weighted by Crippen LogP contribution is -2.28. The molecule has 4 heteroatoms. The number of fused-ring (bicyclic) bond motifs is 9. The lowest BCUT2D eigenvalue weighted by molar-refractivity contribution is 0.107. The Morgan fingerprint density at radius 3 is 0.982 bits per heavy atom. The molecule has 0 saturated heterocycles. The van der Waals surface area contributed by atoms with Crippen molar-refractivity contribution in [2.45, 2.75) is 57.2 Å². The third kappa shape index (κ3) is 12.2. The Hall–Kier alpha value is -13.4. The van der Waals surface area contributed by atoms with Crippen LogP contribution >= 0.6 is 0 Å². The lowest BCUT2D eigenvalue weighted by atomic mass is 9.67. The average molecular weight is 1430 g/mol. The van der Waals surface area contributed by atoms with Crippen molar-refractivity contribution in [2.24, 2.45) is 0 Å². The van der Waals surface area contributed by atoms with Crippen LogP contribution in [0.3, 0.4) is 0 Å². The van der Waals surface area contributed by atoms with Gasteiger partial charge < -0.3 is 19.3 Å². The Morgan fingerprint density at radius 1 is 0.261 bits per heavy atom. The summed E-state index contributed by atoms with van der Waals surface area (Å²) in [6.07, 6.45) is 1.86. The van der Waals surface area contributed by atoms with Crippen molar-refractivity contribution in [3.8, 4) is 89.4 Å². The largest absolute Gasteiger partial charge is 0.457 e. The Bertz CT molecular complexity index is 5860. The van der Waals surface area contributed by atoms with E-state index in [1.165, 1.54) is 94.6 Å². The highest BCUT2D eigenvalue weighted by molar-refractivity contribution is 5.93. The quantitative estimate of drug-likeness (QED) is 0.0806. The van der Waals surface area contributed by atoms with Gasteiger partial charge in [-0.3, -0.25) is 0 Å². The first-order chi connectivity index (χ1) is 54.4. The van der Waals surface area contributed by atoms with Crippen LogP contribution in [-0.4, -0.2) is 0 Å². The number of rotatable bonds is 19. The molecule has 0 bridgehead atoms. The van der Waals surface area contributed by atoms with Crippen LogP contribution in [0.4, 0.5) is 34.1 Å². The summed E-state index contributed by atoms with van der Waals surface area (Å²) in [4.78, 5) is 4.84. The van der Waals surface area contributed by atoms with Crippen molar-refractivity contribution in [3.05, 3.63) is 450 Å². The SMILES string of the molecule is C=Cc1ccc(COCc2ccc(Oc3ccc(C4(c5ccccc5)c5cc(-c6ccc(N(c7ccc(-c8ccccc8)cc7)c7ccc8c(c7)C(C)(C)c7ccccc7-8)cc6)ccc5-c5ccc(-c6ccc(N(c7ccc(-c8ccccc8)cc7)c7ccc8c(c7)C(C)(C)c7ccccc7-8)cc6)cc54)cc3)cc2)cc1. The summed E-state index contributed by atoms with van der Waals surface area (Å²) in [5, 5.41) is 0. The minimum Gasteiger partial charge on any atom is -0.457 e. The second-order valence-electron chi connectivity index (χ2n) is 30.7. The molecule has 16 aromatic rings. The molecule has 16 aromatic carbocycles. The van der Waals surface area contributed by atoms with Crippen molar-refractivity contribution < 1.29 is 9.47 Å². The van der Waals surface area contributed by atoms with E-state index in [0.29, 0.717) is 13.2 Å². The normalized spacial score (nSPS) is 13.4. The van der Waals surface area contributed by atoms with Crippen molar-refractivity contribution in [1.29, 1.82) is 0 Å². The van der Waals surface area contributed by atoms with Crippen LogP contribution in [0.5, 0.6) is 11.5 Å². The minimum absolute atomic E-state index is 0.166. The molecular formula is C107H82N2O2. The summed E-state index contributed by atoms with van der Waals surface area (Å²) in [6, 6.07) is 141. The molecule has 0 atom stereocenters. The summed E-state index contributed by atoms with van der Waals surface area (Å²) >= 11 is 0. The first-order valence-corrected chi connectivity index (χ1v) is 38.6. The van der Waals surface area contributed by atoms with E-state index in [9.17, 15) is 0 Å². The van der Waals surface area contributed by atoms with Crippen LogP contribution < -0.4 is 14.5 Å². The summed E-state index contributed by atoms with van der Waals surface area (Å²) in [5.41, 5.74) is 35.8. The number of ether oxygens (including phenoxy) is 2. The van der Waals surface area contributed by atoms with Gasteiger partial charge in [0, 0.05) is 45.0 Å². The van der Waals surface area contributed by atoms with Gasteiger partial charge in [-0.15, -0.1) is 0 Å². The number of hydrogen-bond donors (Lipinski definition) is 0. The zero-order valence-electron chi connectivity index (χ0n) is 62.8. The number of nitrogens with zero attached hydrogens (tertiary/aromatic N) is 2. The zero-order chi connectivity index (χ0) is 74.8. The molecule has 0 amide bonds. The molecule has 0 saturated carbocycles. The van der Waals surface area contributed by atoms with Gasteiger partial charge in [0.2, 0.25) is 0 Å². The minimum atomic E-state index is -0.765. The molecule has 3 aliphatic rings. The fraction of sp³-hybridized carbons (Fsp3) is 0.0841. The lowest BCUT2D eigenvalue weighted by Gasteiger charge is -2.34. The van der Waals surface area contributed by atoms with Gasteiger partial charge in [-0.1, -0.05) is 313 Å². The van der Waals surface area contributed by atoms with E-state index in [1.807, 2.05) is 18.2 Å². The molecule has 0 N–H and O–H groups in total. The van der Waals surface area contributed by atoms with Crippen molar-refractivity contribution in [2.75, 3.05) is 9.80 Å². The van der Waals surface area contributed by atoms with Gasteiger partial charge in [-0.25, -0.2) is 0 Å². The molecule has 0 aliphatic heterocycles. The highest BCUT2D eigenvalue weighted by atomic mass is 16.5. The molecule has 0 aromatic heterocycles. The summed E-state index contributed by atoms with van der Waals surface area (Å²) in [6.45, 7) is 14.4. The molecule has 4 nitrogen and oxygen atoms in total. The van der Waals surface area contributed by atoms with Crippen LogP contribution in [0.25, 0.3) is 84.0 Å². The van der Waals surface area contributed by atoms with Crippen LogP contribution in [0.15, 0.2) is 389 Å². The van der Waals surface area contributed by atoms with Gasteiger partial charge >= 0.3 is 0 Å². The average Bonchev–Trinajstić information content (AvgIpc) is 1.55. The fourth-order valence-electron chi connectivity index (χ4n) is 17.8. The molecule has 19 rings (SSSR count). The van der Waals surface area contributed by atoms with Crippen molar-refractivity contribution in [1.82, 2.24) is 0 Å². The van der Waals surface area contributed by atoms with Crippen LogP contribution in [0.2, 0.25) is 0 Å². The molecule has 0 fully saturated rings. The first-order valence-electron chi connectivity index (χ1n) is 38.6. The fourth-order valence-corrected chi connectivity index (χ4v) is 17.8. The van der Waals surface area contributed by atoms with Gasteiger partial charge in [0.1, 0.15) is 11.5 Å². The number of benzene rings is 16. The van der Waals surface area contributed by atoms with Gasteiger partial charge in [0.15, 0.2) is 0 Å². The topological polar surface area (TPSA) is 24.9 Å². The van der Waals surface area contributed by atoms with Gasteiger partial charge in [-0.2, -0.15) is 0 Å². The van der Waals surface area contributed by atoms with Crippen molar-refractivity contribution >= 4 is 40.2 Å².